The smallest absolute Gasteiger partial charge is 0.180 e. The first-order chi connectivity index (χ1) is 5.36. The fraction of sp³-hybridized carbons (Fsp3) is 0. The van der Waals surface area contributed by atoms with Crippen molar-refractivity contribution in [1.29, 1.82) is 0 Å². The molecule has 0 aliphatic rings. The van der Waals surface area contributed by atoms with E-state index in [1.54, 1.807) is 17.5 Å². The van der Waals surface area contributed by atoms with Crippen molar-refractivity contribution in [2.75, 3.05) is 5.73 Å². The fourth-order valence-corrected chi connectivity index (χ4v) is 1.96. The average Bonchev–Trinajstić information content (AvgIpc) is 2.55. The Labute approximate surface area is 71.5 Å². The standard InChI is InChI=1S/C6H5N3S2/c7-6-9-4(3-11-6)5-8-1-2-10-5/h1-3H,(H2,7,9). The molecule has 0 saturated heterocycles. The second-order valence-corrected chi connectivity index (χ2v) is 3.69. The van der Waals surface area contributed by atoms with E-state index in [9.17, 15) is 0 Å². The summed E-state index contributed by atoms with van der Waals surface area (Å²) >= 11 is 3.00. The molecule has 0 unspecified atom stereocenters. The average molecular weight is 183 g/mol. The maximum absolute atomic E-state index is 5.47. The Hall–Kier alpha value is -0.940. The first kappa shape index (κ1) is 6.75. The van der Waals surface area contributed by atoms with Crippen LogP contribution >= 0.6 is 22.7 Å². The highest BCUT2D eigenvalue weighted by atomic mass is 32.1. The number of rotatable bonds is 1. The van der Waals surface area contributed by atoms with E-state index in [0.29, 0.717) is 5.13 Å². The minimum atomic E-state index is 0.593. The molecule has 0 radical (unpaired) electrons. The zero-order valence-electron chi connectivity index (χ0n) is 5.52. The molecule has 11 heavy (non-hydrogen) atoms. The van der Waals surface area contributed by atoms with Gasteiger partial charge in [-0.3, -0.25) is 0 Å². The maximum atomic E-state index is 5.47. The summed E-state index contributed by atoms with van der Waals surface area (Å²) in [5, 5.41) is 5.35. The monoisotopic (exact) mass is 183 g/mol. The molecule has 2 aromatic heterocycles. The van der Waals surface area contributed by atoms with Crippen LogP contribution in [0.2, 0.25) is 0 Å². The van der Waals surface area contributed by atoms with E-state index in [1.807, 2.05) is 10.8 Å². The van der Waals surface area contributed by atoms with E-state index in [1.165, 1.54) is 11.3 Å². The topological polar surface area (TPSA) is 51.8 Å². The number of nitrogens with two attached hydrogens (primary N) is 1. The van der Waals surface area contributed by atoms with Gasteiger partial charge in [0.2, 0.25) is 0 Å². The molecule has 2 rings (SSSR count). The molecular weight excluding hydrogens is 178 g/mol. The Morgan fingerprint density at radius 1 is 1.36 bits per heavy atom. The minimum Gasteiger partial charge on any atom is -0.375 e. The van der Waals surface area contributed by atoms with Crippen LogP contribution < -0.4 is 5.73 Å². The van der Waals surface area contributed by atoms with Crippen LogP contribution in [0.1, 0.15) is 0 Å². The predicted molar refractivity (Wildman–Crippen MR) is 47.6 cm³/mol. The summed E-state index contributed by atoms with van der Waals surface area (Å²) in [6.45, 7) is 0. The summed E-state index contributed by atoms with van der Waals surface area (Å²) in [5.74, 6) is 0. The third-order valence-electron chi connectivity index (χ3n) is 1.17. The lowest BCUT2D eigenvalue weighted by atomic mass is 10.5. The van der Waals surface area contributed by atoms with Crippen LogP contribution in [0, 0.1) is 0 Å². The van der Waals surface area contributed by atoms with Gasteiger partial charge in [0.15, 0.2) is 5.13 Å². The Morgan fingerprint density at radius 3 is 2.82 bits per heavy atom. The molecule has 0 saturated carbocycles. The molecule has 0 bridgehead atoms. The van der Waals surface area contributed by atoms with Gasteiger partial charge in [-0.05, 0) is 0 Å². The third-order valence-corrected chi connectivity index (χ3v) is 2.64. The number of nitrogen functional groups attached to an aromatic ring is 1. The maximum Gasteiger partial charge on any atom is 0.180 e. The predicted octanol–water partition coefficient (Wildman–Crippen LogP) is 1.85. The van der Waals surface area contributed by atoms with E-state index >= 15 is 0 Å². The van der Waals surface area contributed by atoms with Gasteiger partial charge in [-0.2, -0.15) is 0 Å². The molecule has 2 aromatic rings. The summed E-state index contributed by atoms with van der Waals surface area (Å²) in [4.78, 5) is 8.20. The molecule has 0 aliphatic heterocycles. The Balaban J connectivity index is 2.45. The quantitative estimate of drug-likeness (QED) is 0.734. The number of nitrogens with zero attached hydrogens (tertiary/aromatic N) is 2. The summed E-state index contributed by atoms with van der Waals surface area (Å²) in [7, 11) is 0. The first-order valence-corrected chi connectivity index (χ1v) is 4.73. The van der Waals surface area contributed by atoms with Crippen LogP contribution in [-0.4, -0.2) is 9.97 Å². The van der Waals surface area contributed by atoms with Crippen molar-refractivity contribution in [1.82, 2.24) is 9.97 Å². The van der Waals surface area contributed by atoms with E-state index in [2.05, 4.69) is 9.97 Å². The van der Waals surface area contributed by atoms with Crippen molar-refractivity contribution in [2.24, 2.45) is 0 Å². The zero-order valence-corrected chi connectivity index (χ0v) is 7.15. The van der Waals surface area contributed by atoms with Crippen molar-refractivity contribution in [3.05, 3.63) is 17.0 Å². The molecule has 3 nitrogen and oxygen atoms in total. The van der Waals surface area contributed by atoms with Gasteiger partial charge in [-0.1, -0.05) is 0 Å². The van der Waals surface area contributed by atoms with Gasteiger partial charge in [-0.15, -0.1) is 22.7 Å². The Morgan fingerprint density at radius 2 is 2.27 bits per heavy atom. The fourth-order valence-electron chi connectivity index (χ4n) is 0.736. The summed E-state index contributed by atoms with van der Waals surface area (Å²) in [6, 6.07) is 0. The number of anilines is 1. The van der Waals surface area contributed by atoms with Gasteiger partial charge in [0.05, 0.1) is 0 Å². The normalized spacial score (nSPS) is 10.2. The molecule has 0 aliphatic carbocycles. The highest BCUT2D eigenvalue weighted by Crippen LogP contribution is 2.24. The zero-order chi connectivity index (χ0) is 7.68. The van der Waals surface area contributed by atoms with Crippen LogP contribution in [0.4, 0.5) is 5.13 Å². The van der Waals surface area contributed by atoms with E-state index in [-0.39, 0.29) is 0 Å². The van der Waals surface area contributed by atoms with Crippen molar-refractivity contribution in [2.45, 2.75) is 0 Å². The third kappa shape index (κ3) is 1.24. The summed E-state index contributed by atoms with van der Waals surface area (Å²) < 4.78 is 0. The summed E-state index contributed by atoms with van der Waals surface area (Å²) in [6.07, 6.45) is 1.76. The SMILES string of the molecule is Nc1nc(-c2nccs2)cs1. The van der Waals surface area contributed by atoms with Crippen molar-refractivity contribution in [3.63, 3.8) is 0 Å². The van der Waals surface area contributed by atoms with Crippen LogP contribution in [0.25, 0.3) is 10.7 Å². The molecule has 2 N–H and O–H groups in total. The van der Waals surface area contributed by atoms with Crippen molar-refractivity contribution >= 4 is 27.8 Å². The number of hydrogen-bond acceptors (Lipinski definition) is 5. The van der Waals surface area contributed by atoms with Gasteiger partial charge in [0, 0.05) is 17.0 Å². The number of aromatic nitrogens is 2. The highest BCUT2D eigenvalue weighted by molar-refractivity contribution is 7.15. The van der Waals surface area contributed by atoms with Crippen molar-refractivity contribution in [3.8, 4) is 10.7 Å². The lowest BCUT2D eigenvalue weighted by Crippen LogP contribution is -1.81. The number of thiazole rings is 2. The Kier molecular flexibility index (Phi) is 1.59. The molecule has 0 amide bonds. The van der Waals surface area contributed by atoms with Crippen LogP contribution in [-0.2, 0) is 0 Å². The van der Waals surface area contributed by atoms with Gasteiger partial charge < -0.3 is 5.73 Å². The molecule has 0 atom stereocenters. The van der Waals surface area contributed by atoms with Crippen LogP contribution in [0.15, 0.2) is 17.0 Å². The van der Waals surface area contributed by atoms with Gasteiger partial charge in [0.1, 0.15) is 10.7 Å². The summed E-state index contributed by atoms with van der Waals surface area (Å²) in [5.41, 5.74) is 6.35. The Bertz CT molecular complexity index is 338. The van der Waals surface area contributed by atoms with E-state index in [0.717, 1.165) is 10.7 Å². The van der Waals surface area contributed by atoms with E-state index in [4.69, 9.17) is 5.73 Å². The first-order valence-electron chi connectivity index (χ1n) is 2.97. The second-order valence-electron chi connectivity index (χ2n) is 1.91. The molecule has 0 fully saturated rings. The molecule has 5 heteroatoms. The molecular formula is C6H5N3S2. The van der Waals surface area contributed by atoms with Crippen LogP contribution in [0.5, 0.6) is 0 Å². The molecule has 0 spiro atoms. The second kappa shape index (κ2) is 2.60. The van der Waals surface area contributed by atoms with Gasteiger partial charge in [-0.25, -0.2) is 9.97 Å². The number of hydrogen-bond donors (Lipinski definition) is 1. The van der Waals surface area contributed by atoms with E-state index < -0.39 is 0 Å². The highest BCUT2D eigenvalue weighted by Gasteiger charge is 2.03. The lowest BCUT2D eigenvalue weighted by molar-refractivity contribution is 1.35. The molecule has 2 heterocycles. The van der Waals surface area contributed by atoms with Gasteiger partial charge in [0.25, 0.3) is 0 Å². The largest absolute Gasteiger partial charge is 0.375 e. The minimum absolute atomic E-state index is 0.593. The lowest BCUT2D eigenvalue weighted by Gasteiger charge is -1.83. The van der Waals surface area contributed by atoms with Gasteiger partial charge >= 0.3 is 0 Å². The van der Waals surface area contributed by atoms with Crippen molar-refractivity contribution < 1.29 is 0 Å². The molecule has 56 valence electrons. The van der Waals surface area contributed by atoms with Crippen LogP contribution in [0.3, 0.4) is 0 Å². The molecule has 0 aromatic carbocycles.